The molecule has 0 heterocycles. The van der Waals surface area contributed by atoms with Gasteiger partial charge in [-0.1, -0.05) is 81.4 Å². The Labute approximate surface area is 231 Å². The van der Waals surface area contributed by atoms with Crippen LogP contribution >= 0.6 is 0 Å². The minimum absolute atomic E-state index is 0. The molecule has 4 aliphatic rings. The second-order valence-corrected chi connectivity index (χ2v) is 12.5. The molecule has 0 aliphatic heterocycles. The van der Waals surface area contributed by atoms with E-state index in [2.05, 4.69) is 81.4 Å². The van der Waals surface area contributed by atoms with Crippen LogP contribution in [0.5, 0.6) is 0 Å². The van der Waals surface area contributed by atoms with Gasteiger partial charge in [0.05, 0.1) is 0 Å². The molecule has 192 valence electrons. The number of allylic oxidation sites excluding steroid dienone is 4. The van der Waals surface area contributed by atoms with Gasteiger partial charge in [-0.05, 0) is 95.0 Å². The van der Waals surface area contributed by atoms with Gasteiger partial charge in [0.1, 0.15) is 0 Å². The summed E-state index contributed by atoms with van der Waals surface area (Å²) in [6, 6.07) is 0. The SMILES string of the molecule is CC1C(C)C(C)C(C)C1C.CC1CCC2C=C3C(=CC12)C(C)(C)CCC3(C)C.[CH3-].[CH3-].[CH3-].[CH3-].[Hf+4]. The van der Waals surface area contributed by atoms with E-state index < -0.39 is 0 Å². The van der Waals surface area contributed by atoms with Crippen molar-refractivity contribution in [1.82, 2.24) is 0 Å². The van der Waals surface area contributed by atoms with Crippen molar-refractivity contribution >= 4 is 0 Å². The summed E-state index contributed by atoms with van der Waals surface area (Å²) < 4.78 is 0. The van der Waals surface area contributed by atoms with E-state index in [0.29, 0.717) is 10.8 Å². The van der Waals surface area contributed by atoms with Crippen molar-refractivity contribution in [2.75, 3.05) is 0 Å². The number of fused-ring (bicyclic) bond motifs is 2. The molecule has 0 bridgehead atoms. The van der Waals surface area contributed by atoms with E-state index in [0.717, 1.165) is 47.3 Å². The summed E-state index contributed by atoms with van der Waals surface area (Å²) in [6.07, 6.45) is 10.9. The third-order valence-corrected chi connectivity index (χ3v) is 10.1. The Morgan fingerprint density at radius 2 is 0.909 bits per heavy atom. The van der Waals surface area contributed by atoms with Crippen LogP contribution in [0.3, 0.4) is 0 Å². The summed E-state index contributed by atoms with van der Waals surface area (Å²) >= 11 is 0. The summed E-state index contributed by atoms with van der Waals surface area (Å²) in [4.78, 5) is 0. The van der Waals surface area contributed by atoms with E-state index in [9.17, 15) is 0 Å². The van der Waals surface area contributed by atoms with Gasteiger partial charge >= 0.3 is 25.8 Å². The molecule has 3 atom stereocenters. The van der Waals surface area contributed by atoms with Crippen molar-refractivity contribution in [3.8, 4) is 0 Å². The fourth-order valence-electron chi connectivity index (χ4n) is 6.80. The zero-order valence-electron chi connectivity index (χ0n) is 25.1. The van der Waals surface area contributed by atoms with Crippen LogP contribution in [-0.4, -0.2) is 0 Å². The Morgan fingerprint density at radius 3 is 1.27 bits per heavy atom. The van der Waals surface area contributed by atoms with E-state index >= 15 is 0 Å². The third-order valence-electron chi connectivity index (χ3n) is 10.1. The van der Waals surface area contributed by atoms with Crippen LogP contribution in [-0.2, 0) is 25.8 Å². The van der Waals surface area contributed by atoms with Crippen LogP contribution in [0.25, 0.3) is 0 Å². The van der Waals surface area contributed by atoms with Crippen LogP contribution in [0.15, 0.2) is 23.3 Å². The predicted octanol–water partition coefficient (Wildman–Crippen LogP) is 10.3. The van der Waals surface area contributed by atoms with Gasteiger partial charge in [0.25, 0.3) is 0 Å². The second-order valence-electron chi connectivity index (χ2n) is 12.5. The Morgan fingerprint density at radius 1 is 0.576 bits per heavy atom. The first-order valence-electron chi connectivity index (χ1n) is 12.3. The Hall–Kier alpha value is 0.350. The fraction of sp³-hybridized carbons (Fsp3) is 0.750. The maximum Gasteiger partial charge on any atom is 4.00 e. The average Bonchev–Trinajstić information content (AvgIpc) is 3.09. The number of hydrogen-bond donors (Lipinski definition) is 0. The summed E-state index contributed by atoms with van der Waals surface area (Å²) in [6.45, 7) is 24.2. The van der Waals surface area contributed by atoms with Gasteiger partial charge < -0.3 is 29.7 Å². The molecular weight excluding hydrogens is 563 g/mol. The van der Waals surface area contributed by atoms with Crippen LogP contribution in [0.1, 0.15) is 94.9 Å². The van der Waals surface area contributed by atoms with Crippen LogP contribution in [0, 0.1) is 87.9 Å². The minimum atomic E-state index is 0. The summed E-state index contributed by atoms with van der Waals surface area (Å²) in [5.74, 6) is 7.24. The quantitative estimate of drug-likeness (QED) is 0.186. The third kappa shape index (κ3) is 7.20. The smallest absolute Gasteiger partial charge is 0.358 e. The summed E-state index contributed by atoms with van der Waals surface area (Å²) in [5, 5.41) is 0. The van der Waals surface area contributed by atoms with Gasteiger partial charge in [-0.3, -0.25) is 0 Å². The predicted molar refractivity (Wildman–Crippen MR) is 150 cm³/mol. The van der Waals surface area contributed by atoms with Crippen LogP contribution in [0.4, 0.5) is 0 Å². The van der Waals surface area contributed by atoms with Crippen molar-refractivity contribution in [2.24, 2.45) is 58.2 Å². The molecule has 0 amide bonds. The van der Waals surface area contributed by atoms with E-state index in [4.69, 9.17) is 0 Å². The molecule has 0 N–H and O–H groups in total. The average molecular weight is 623 g/mol. The van der Waals surface area contributed by atoms with Crippen LogP contribution in [0.2, 0.25) is 0 Å². The monoisotopic (exact) mass is 624 g/mol. The molecule has 1 heteroatoms. The van der Waals surface area contributed by atoms with Crippen LogP contribution < -0.4 is 0 Å². The zero-order chi connectivity index (χ0) is 21.0. The second kappa shape index (κ2) is 13.6. The molecule has 0 radical (unpaired) electrons. The molecule has 0 aromatic rings. The van der Waals surface area contributed by atoms with Crippen molar-refractivity contribution in [2.45, 2.75) is 94.9 Å². The summed E-state index contributed by atoms with van der Waals surface area (Å²) in [7, 11) is 0. The fourth-order valence-corrected chi connectivity index (χ4v) is 6.80. The molecule has 33 heavy (non-hydrogen) atoms. The van der Waals surface area contributed by atoms with Gasteiger partial charge in [0.2, 0.25) is 0 Å². The van der Waals surface area contributed by atoms with E-state index in [1.54, 1.807) is 11.1 Å². The van der Waals surface area contributed by atoms with E-state index in [-0.39, 0.29) is 55.5 Å². The van der Waals surface area contributed by atoms with E-state index in [1.165, 1.54) is 25.7 Å². The first-order chi connectivity index (χ1) is 12.9. The topological polar surface area (TPSA) is 0 Å². The molecule has 0 spiro atoms. The van der Waals surface area contributed by atoms with Crippen molar-refractivity contribution in [3.63, 3.8) is 0 Å². The van der Waals surface area contributed by atoms with Gasteiger partial charge in [-0.25, -0.2) is 0 Å². The maximum atomic E-state index is 2.68. The summed E-state index contributed by atoms with van der Waals surface area (Å²) in [5.41, 5.74) is 4.18. The molecule has 0 aromatic heterocycles. The zero-order valence-corrected chi connectivity index (χ0v) is 28.7. The molecule has 0 aromatic carbocycles. The van der Waals surface area contributed by atoms with Gasteiger partial charge in [-0.2, -0.15) is 0 Å². The standard InChI is InChI=1S/C18H28.C10H20.4CH3.Hf/c1-12-6-7-13-10-15-16(11-14(12)13)18(4,5)9-8-17(15,2)3;1-6-7(2)9(4)10(5)8(6)3;;;;;/h10-14H,6-9H2,1-5H3;6-10H,1-5H3;4*1H3;/q;;4*-1;+4. The molecule has 0 nitrogen and oxygen atoms in total. The molecule has 4 rings (SSSR count). The molecule has 0 saturated heterocycles. The van der Waals surface area contributed by atoms with E-state index in [1.807, 2.05) is 0 Å². The Bertz CT molecular complexity index is 592. The minimum Gasteiger partial charge on any atom is -0.358 e. The molecule has 3 unspecified atom stereocenters. The maximum absolute atomic E-state index is 2.68. The normalized spacial score (nSPS) is 39.0. The molecule has 3 fully saturated rings. The number of rotatable bonds is 0. The van der Waals surface area contributed by atoms with Gasteiger partial charge in [0.15, 0.2) is 0 Å². The Balaban J connectivity index is -0.000000530. The Kier molecular flexibility index (Phi) is 15.6. The van der Waals surface area contributed by atoms with Crippen molar-refractivity contribution in [3.05, 3.63) is 53.0 Å². The van der Waals surface area contributed by atoms with Crippen molar-refractivity contribution in [1.29, 1.82) is 0 Å². The largest absolute Gasteiger partial charge is 4.00 e. The molecule has 4 aliphatic carbocycles. The van der Waals surface area contributed by atoms with Gasteiger partial charge in [0, 0.05) is 0 Å². The first-order valence-corrected chi connectivity index (χ1v) is 12.3. The first kappa shape index (κ1) is 37.9. The number of hydrogen-bond acceptors (Lipinski definition) is 0. The molecular formula is C32H60Hf. The van der Waals surface area contributed by atoms with Crippen molar-refractivity contribution < 1.29 is 25.8 Å². The van der Waals surface area contributed by atoms with Gasteiger partial charge in [-0.15, -0.1) is 0 Å². The molecule has 3 saturated carbocycles.